The van der Waals surface area contributed by atoms with E-state index in [-0.39, 0.29) is 22.9 Å². The molecule has 1 aromatic carbocycles. The fourth-order valence-corrected chi connectivity index (χ4v) is 4.68. The number of carbonyl (C=O) groups is 1. The highest BCUT2D eigenvalue weighted by atomic mass is 35.5. The lowest BCUT2D eigenvalue weighted by Gasteiger charge is -2.17. The maximum Gasteiger partial charge on any atom is 0.228 e. The second kappa shape index (κ2) is 8.20. The third-order valence-corrected chi connectivity index (χ3v) is 6.62. The van der Waals surface area contributed by atoms with Crippen LogP contribution in [0, 0.1) is 16.4 Å². The maximum atomic E-state index is 14.6. The quantitative estimate of drug-likeness (QED) is 0.426. The highest BCUT2D eigenvalue weighted by Gasteiger charge is 2.33. The van der Waals surface area contributed by atoms with Gasteiger partial charge < -0.3 is 14.0 Å². The second-order valence-electron chi connectivity index (χ2n) is 7.95. The monoisotopic (exact) mass is 465 g/mol. The van der Waals surface area contributed by atoms with Crippen LogP contribution in [-0.2, 0) is 44.8 Å². The predicted molar refractivity (Wildman–Crippen MR) is 115 cm³/mol. The molecule has 0 fully saturated rings. The summed E-state index contributed by atoms with van der Waals surface area (Å²) in [5.74, 6) is -1.87. The number of fused-ring (bicyclic) bond motifs is 1. The van der Waals surface area contributed by atoms with Crippen LogP contribution in [0.5, 0.6) is 0 Å². The van der Waals surface area contributed by atoms with Crippen molar-refractivity contribution < 1.29 is 13.6 Å². The molecule has 0 unspecified atom stereocenters. The lowest BCUT2D eigenvalue weighted by molar-refractivity contribution is -0.129. The number of hydrogen-bond donors (Lipinski definition) is 0. The lowest BCUT2D eigenvalue weighted by Crippen LogP contribution is -2.28. The molecule has 1 atom stereocenters. The molecule has 2 aromatic heterocycles. The number of amides is 1. The molecule has 1 aliphatic rings. The van der Waals surface area contributed by atoms with Gasteiger partial charge in [0, 0.05) is 68.9 Å². The summed E-state index contributed by atoms with van der Waals surface area (Å²) in [4.78, 5) is 14.5. The summed E-state index contributed by atoms with van der Waals surface area (Å²) in [5, 5.41) is 4.02. The van der Waals surface area contributed by atoms with Crippen molar-refractivity contribution in [2.75, 3.05) is 7.05 Å². The molecule has 0 spiro atoms. The fourth-order valence-electron chi connectivity index (χ4n) is 4.22. The first-order valence-electron chi connectivity index (χ1n) is 9.79. The number of likely N-dealkylation sites (N-methyl/N-ethyl adjacent to an activating group) is 1. The van der Waals surface area contributed by atoms with Gasteiger partial charge in [-0.25, -0.2) is 8.78 Å². The van der Waals surface area contributed by atoms with Gasteiger partial charge in [-0.15, -0.1) is 0 Å². The average Bonchev–Trinajstić information content (AvgIpc) is 3.38. The number of benzene rings is 1. The molecule has 1 amide bonds. The van der Waals surface area contributed by atoms with Crippen molar-refractivity contribution in [3.63, 3.8) is 0 Å². The molecule has 10 heteroatoms. The van der Waals surface area contributed by atoms with E-state index < -0.39 is 17.6 Å². The van der Waals surface area contributed by atoms with Crippen molar-refractivity contribution >= 4 is 29.7 Å². The van der Waals surface area contributed by atoms with Gasteiger partial charge in [-0.2, -0.15) is 5.10 Å². The van der Waals surface area contributed by atoms with E-state index in [0.717, 1.165) is 17.0 Å². The first kappa shape index (κ1) is 21.7. The molecular formula is C21H22ClF2N5OS. The topological polar surface area (TPSA) is 48.0 Å². The van der Waals surface area contributed by atoms with E-state index >= 15 is 0 Å². The largest absolute Gasteiger partial charge is 0.341 e. The fraction of sp³-hybridized carbons (Fsp3) is 0.381. The summed E-state index contributed by atoms with van der Waals surface area (Å²) in [6, 6.07) is 2.40. The van der Waals surface area contributed by atoms with E-state index in [0.29, 0.717) is 24.3 Å². The van der Waals surface area contributed by atoms with Gasteiger partial charge in [0.1, 0.15) is 11.6 Å². The minimum atomic E-state index is -0.735. The van der Waals surface area contributed by atoms with Crippen LogP contribution in [0.1, 0.15) is 28.4 Å². The normalized spacial score (nSPS) is 15.4. The standard InChI is InChI=1S/C21H22ClF2N5OS/c1-26(9-12-8-25-27(2)10-12)18(30)7-16-17-6-13(11-29(17)21(31)28(16)3)19-15(23)5-4-14(22)20(19)24/h4-5,8,10,13H,6-7,9,11H2,1-3H3/t13-/m1/s1. The van der Waals surface area contributed by atoms with Gasteiger partial charge in [0.05, 0.1) is 17.6 Å². The molecule has 6 nitrogen and oxygen atoms in total. The Balaban J connectivity index is 1.58. The zero-order valence-corrected chi connectivity index (χ0v) is 19.0. The van der Waals surface area contributed by atoms with Crippen molar-refractivity contribution in [2.24, 2.45) is 14.1 Å². The van der Waals surface area contributed by atoms with E-state index in [1.165, 1.54) is 12.1 Å². The Morgan fingerprint density at radius 2 is 2.10 bits per heavy atom. The average molecular weight is 466 g/mol. The van der Waals surface area contributed by atoms with Gasteiger partial charge >= 0.3 is 0 Å². The summed E-state index contributed by atoms with van der Waals surface area (Å²) < 4.78 is 34.9. The molecule has 3 aromatic rings. The van der Waals surface area contributed by atoms with E-state index in [9.17, 15) is 13.6 Å². The molecule has 3 heterocycles. The lowest BCUT2D eigenvalue weighted by atomic mass is 9.95. The van der Waals surface area contributed by atoms with Crippen molar-refractivity contribution in [1.29, 1.82) is 0 Å². The summed E-state index contributed by atoms with van der Waals surface area (Å²) in [6.07, 6.45) is 4.11. The van der Waals surface area contributed by atoms with E-state index in [4.69, 9.17) is 23.8 Å². The molecular weight excluding hydrogens is 444 g/mol. The van der Waals surface area contributed by atoms with Gasteiger partial charge in [-0.1, -0.05) is 11.6 Å². The molecule has 0 saturated heterocycles. The minimum Gasteiger partial charge on any atom is -0.341 e. The van der Waals surface area contributed by atoms with Gasteiger partial charge in [-0.05, 0) is 30.8 Å². The summed E-state index contributed by atoms with van der Waals surface area (Å²) in [6.45, 7) is 0.782. The zero-order valence-electron chi connectivity index (χ0n) is 17.4. The molecule has 0 saturated carbocycles. The number of imidazole rings is 1. The molecule has 164 valence electrons. The highest BCUT2D eigenvalue weighted by Crippen LogP contribution is 2.37. The number of nitrogens with zero attached hydrogens (tertiary/aromatic N) is 5. The molecule has 31 heavy (non-hydrogen) atoms. The number of rotatable bonds is 5. The maximum absolute atomic E-state index is 14.6. The van der Waals surface area contributed by atoms with Crippen molar-refractivity contribution in [2.45, 2.75) is 31.8 Å². The first-order chi connectivity index (χ1) is 14.7. The molecule has 4 rings (SSSR count). The number of aromatic nitrogens is 4. The second-order valence-corrected chi connectivity index (χ2v) is 8.72. The first-order valence-corrected chi connectivity index (χ1v) is 10.6. The molecule has 0 N–H and O–H groups in total. The minimum absolute atomic E-state index is 0.0285. The van der Waals surface area contributed by atoms with E-state index in [1.54, 1.807) is 27.4 Å². The van der Waals surface area contributed by atoms with Crippen LogP contribution in [-0.4, -0.2) is 36.8 Å². The molecule has 0 radical (unpaired) electrons. The number of aryl methyl sites for hydroxylation is 1. The van der Waals surface area contributed by atoms with Crippen LogP contribution in [0.15, 0.2) is 24.5 Å². The summed E-state index contributed by atoms with van der Waals surface area (Å²) >= 11 is 11.4. The summed E-state index contributed by atoms with van der Waals surface area (Å²) in [7, 11) is 5.37. The van der Waals surface area contributed by atoms with Crippen LogP contribution < -0.4 is 0 Å². The van der Waals surface area contributed by atoms with Crippen LogP contribution in [0.3, 0.4) is 0 Å². The number of hydrogen-bond acceptors (Lipinski definition) is 3. The predicted octanol–water partition coefficient (Wildman–Crippen LogP) is 3.76. The van der Waals surface area contributed by atoms with Crippen LogP contribution >= 0.6 is 23.8 Å². The van der Waals surface area contributed by atoms with Crippen LogP contribution in [0.2, 0.25) is 5.02 Å². The van der Waals surface area contributed by atoms with E-state index in [2.05, 4.69) is 5.10 Å². The van der Waals surface area contributed by atoms with Gasteiger partial charge in [0.15, 0.2) is 4.77 Å². The molecule has 1 aliphatic heterocycles. The van der Waals surface area contributed by atoms with Crippen molar-refractivity contribution in [1.82, 2.24) is 23.8 Å². The Kier molecular flexibility index (Phi) is 5.74. The van der Waals surface area contributed by atoms with Crippen LogP contribution in [0.25, 0.3) is 0 Å². The third kappa shape index (κ3) is 3.92. The van der Waals surface area contributed by atoms with Crippen molar-refractivity contribution in [3.05, 3.63) is 68.5 Å². The van der Waals surface area contributed by atoms with Gasteiger partial charge in [-0.3, -0.25) is 9.48 Å². The Morgan fingerprint density at radius 3 is 2.77 bits per heavy atom. The summed E-state index contributed by atoms with van der Waals surface area (Å²) in [5.41, 5.74) is 2.50. The Labute approximate surface area is 188 Å². The Hall–Kier alpha value is -2.52. The smallest absolute Gasteiger partial charge is 0.228 e. The third-order valence-electron chi connectivity index (χ3n) is 5.83. The van der Waals surface area contributed by atoms with Gasteiger partial charge in [0.2, 0.25) is 5.91 Å². The number of halogens is 3. The Morgan fingerprint density at radius 1 is 1.35 bits per heavy atom. The zero-order chi connectivity index (χ0) is 22.4. The Bertz CT molecular complexity index is 1230. The van der Waals surface area contributed by atoms with Gasteiger partial charge in [0.25, 0.3) is 0 Å². The number of carbonyl (C=O) groups excluding carboxylic acids is 1. The van der Waals surface area contributed by atoms with Crippen molar-refractivity contribution in [3.8, 4) is 0 Å². The SMILES string of the molecule is CN(Cc1cnn(C)c1)C(=O)Cc1c2n(c(=S)n1C)C[C@H](c1c(F)ccc(Cl)c1F)C2. The highest BCUT2D eigenvalue weighted by molar-refractivity contribution is 7.71. The van der Waals surface area contributed by atoms with Crippen LogP contribution in [0.4, 0.5) is 8.78 Å². The van der Waals surface area contributed by atoms with E-state index in [1.807, 2.05) is 24.9 Å². The molecule has 0 bridgehead atoms. The molecule has 0 aliphatic carbocycles.